The number of amides is 2. The number of nitrogens with two attached hydrogens (primary N) is 1. The second-order valence-electron chi connectivity index (χ2n) is 6.95. The number of carbonyl (C=O) groups excluding carboxylic acids is 2. The van der Waals surface area contributed by atoms with Crippen molar-refractivity contribution in [2.45, 2.75) is 31.2 Å². The first-order valence-electron chi connectivity index (χ1n) is 9.09. The van der Waals surface area contributed by atoms with Gasteiger partial charge in [0.1, 0.15) is 16.4 Å². The molecule has 28 heavy (non-hydrogen) atoms. The van der Waals surface area contributed by atoms with Crippen LogP contribution in [0.1, 0.15) is 34.1 Å². The molecule has 8 heteroatoms. The van der Waals surface area contributed by atoms with E-state index >= 15 is 0 Å². The Hall–Kier alpha value is -2.45. The zero-order chi connectivity index (χ0) is 19.7. The molecule has 0 saturated carbocycles. The van der Waals surface area contributed by atoms with Crippen molar-refractivity contribution in [2.24, 2.45) is 11.7 Å². The van der Waals surface area contributed by atoms with Gasteiger partial charge in [-0.2, -0.15) is 0 Å². The summed E-state index contributed by atoms with van der Waals surface area (Å²) in [5, 5.41) is 5.15. The molecule has 0 aliphatic heterocycles. The highest BCUT2D eigenvalue weighted by atomic mass is 32.2. The molecule has 3 aromatic rings. The largest absolute Gasteiger partial charge is 0.365 e. The van der Waals surface area contributed by atoms with Crippen molar-refractivity contribution in [1.29, 1.82) is 0 Å². The van der Waals surface area contributed by atoms with E-state index in [-0.39, 0.29) is 11.7 Å². The third-order valence-electron chi connectivity index (χ3n) is 4.86. The molecule has 1 aliphatic rings. The van der Waals surface area contributed by atoms with Crippen molar-refractivity contribution in [3.8, 4) is 0 Å². The normalized spacial score (nSPS) is 16.0. The molecular weight excluding hydrogens is 392 g/mol. The Morgan fingerprint density at radius 2 is 2.14 bits per heavy atom. The van der Waals surface area contributed by atoms with Crippen molar-refractivity contribution in [1.82, 2.24) is 9.97 Å². The maximum atomic E-state index is 12.6. The Morgan fingerprint density at radius 1 is 1.32 bits per heavy atom. The highest BCUT2D eigenvalue weighted by Crippen LogP contribution is 2.39. The molecule has 0 unspecified atom stereocenters. The van der Waals surface area contributed by atoms with Gasteiger partial charge in [0.05, 0.1) is 16.8 Å². The number of hydrogen-bond donors (Lipinski definition) is 2. The number of benzene rings is 1. The molecule has 6 nitrogen and oxygen atoms in total. The lowest BCUT2D eigenvalue weighted by Gasteiger charge is -2.18. The van der Waals surface area contributed by atoms with Crippen LogP contribution >= 0.6 is 23.1 Å². The Kier molecular flexibility index (Phi) is 5.32. The average Bonchev–Trinajstić information content (AvgIpc) is 3.03. The van der Waals surface area contributed by atoms with Crippen LogP contribution in [0.25, 0.3) is 10.9 Å². The smallest absolute Gasteiger partial charge is 0.251 e. The first-order chi connectivity index (χ1) is 13.5. The van der Waals surface area contributed by atoms with Crippen LogP contribution in [0, 0.1) is 5.92 Å². The Balaban J connectivity index is 1.50. The molecule has 1 aliphatic carbocycles. The number of rotatable bonds is 5. The summed E-state index contributed by atoms with van der Waals surface area (Å²) in [7, 11) is 0. The summed E-state index contributed by atoms with van der Waals surface area (Å²) in [5.74, 6) is 0.119. The van der Waals surface area contributed by atoms with E-state index in [1.54, 1.807) is 0 Å². The molecule has 2 heterocycles. The number of hydrogen-bond acceptors (Lipinski definition) is 6. The van der Waals surface area contributed by atoms with Crippen molar-refractivity contribution in [2.75, 3.05) is 11.1 Å². The Bertz CT molecular complexity index is 1060. The summed E-state index contributed by atoms with van der Waals surface area (Å²) in [4.78, 5) is 34.2. The number of thiophene rings is 1. The summed E-state index contributed by atoms with van der Waals surface area (Å²) >= 11 is 2.83. The second-order valence-corrected chi connectivity index (χ2v) is 9.02. The molecule has 1 aromatic carbocycles. The molecule has 0 radical (unpaired) electrons. The van der Waals surface area contributed by atoms with Crippen LogP contribution in [0.15, 0.2) is 35.6 Å². The van der Waals surface area contributed by atoms with Gasteiger partial charge in [-0.1, -0.05) is 36.9 Å². The third-order valence-corrected chi connectivity index (χ3v) is 7.03. The SMILES string of the molecule is C[C@@H]1CCc2c(sc(NC(=O)CSc3ncnc4ccccc34)c2C(N)=O)C1. The van der Waals surface area contributed by atoms with E-state index in [2.05, 4.69) is 22.2 Å². The number of primary amides is 1. The van der Waals surface area contributed by atoms with Crippen LogP contribution in [0.4, 0.5) is 5.00 Å². The zero-order valence-corrected chi connectivity index (χ0v) is 17.0. The van der Waals surface area contributed by atoms with Crippen LogP contribution in [-0.2, 0) is 17.6 Å². The number of carbonyl (C=O) groups is 2. The van der Waals surface area contributed by atoms with E-state index in [1.807, 2.05) is 24.3 Å². The van der Waals surface area contributed by atoms with Crippen LogP contribution in [-0.4, -0.2) is 27.5 Å². The van der Waals surface area contributed by atoms with Crippen LogP contribution in [0.3, 0.4) is 0 Å². The van der Waals surface area contributed by atoms with Crippen molar-refractivity contribution in [3.63, 3.8) is 0 Å². The van der Waals surface area contributed by atoms with Crippen LogP contribution in [0.2, 0.25) is 0 Å². The second kappa shape index (κ2) is 7.89. The summed E-state index contributed by atoms with van der Waals surface area (Å²) in [5.41, 5.74) is 7.96. The third kappa shape index (κ3) is 3.74. The molecule has 2 amide bonds. The number of fused-ring (bicyclic) bond motifs is 2. The molecule has 3 N–H and O–H groups in total. The number of para-hydroxylation sites is 1. The lowest BCUT2D eigenvalue weighted by Crippen LogP contribution is -2.20. The van der Waals surface area contributed by atoms with Gasteiger partial charge in [0.2, 0.25) is 5.91 Å². The number of nitrogens with zero attached hydrogens (tertiary/aromatic N) is 2. The van der Waals surface area contributed by atoms with E-state index in [0.29, 0.717) is 16.5 Å². The highest BCUT2D eigenvalue weighted by molar-refractivity contribution is 8.00. The molecule has 4 rings (SSSR count). The van der Waals surface area contributed by atoms with Gasteiger partial charge in [-0.15, -0.1) is 11.3 Å². The fourth-order valence-corrected chi connectivity index (χ4v) is 5.71. The van der Waals surface area contributed by atoms with E-state index in [9.17, 15) is 9.59 Å². The van der Waals surface area contributed by atoms with Crippen molar-refractivity contribution in [3.05, 3.63) is 46.6 Å². The lowest BCUT2D eigenvalue weighted by atomic mass is 9.88. The van der Waals surface area contributed by atoms with Crippen LogP contribution < -0.4 is 11.1 Å². The quantitative estimate of drug-likeness (QED) is 0.492. The van der Waals surface area contributed by atoms with E-state index < -0.39 is 5.91 Å². The van der Waals surface area contributed by atoms with Gasteiger partial charge < -0.3 is 11.1 Å². The van der Waals surface area contributed by atoms with Gasteiger partial charge in [-0.05, 0) is 36.8 Å². The highest BCUT2D eigenvalue weighted by Gasteiger charge is 2.27. The van der Waals surface area contributed by atoms with E-state index in [0.717, 1.165) is 45.6 Å². The fraction of sp³-hybridized carbons (Fsp3) is 0.300. The molecule has 0 saturated heterocycles. The molecule has 0 spiro atoms. The molecule has 144 valence electrons. The molecular formula is C20H20N4O2S2. The minimum Gasteiger partial charge on any atom is -0.365 e. The number of nitrogens with one attached hydrogen (secondary N) is 1. The monoisotopic (exact) mass is 412 g/mol. The zero-order valence-electron chi connectivity index (χ0n) is 15.4. The molecule has 2 aromatic heterocycles. The summed E-state index contributed by atoms with van der Waals surface area (Å²) in [6, 6.07) is 7.69. The molecule has 0 fully saturated rings. The fourth-order valence-electron chi connectivity index (χ4n) is 3.49. The topological polar surface area (TPSA) is 98.0 Å². The van der Waals surface area contributed by atoms with Gasteiger partial charge in [0.15, 0.2) is 0 Å². The standard InChI is InChI=1S/C20H20N4O2S2/c1-11-6-7-13-15(8-11)28-20(17(13)18(21)26)24-16(25)9-27-19-12-4-2-3-5-14(12)22-10-23-19/h2-5,10-11H,6-9H2,1H3,(H2,21,26)(H,24,25)/t11-/m1/s1. The van der Waals surface area contributed by atoms with Gasteiger partial charge in [0.25, 0.3) is 5.91 Å². The van der Waals surface area contributed by atoms with E-state index in [4.69, 9.17) is 5.73 Å². The summed E-state index contributed by atoms with van der Waals surface area (Å²) < 4.78 is 0. The maximum Gasteiger partial charge on any atom is 0.251 e. The molecule has 0 bridgehead atoms. The van der Waals surface area contributed by atoms with E-state index in [1.165, 1.54) is 29.4 Å². The number of thioether (sulfide) groups is 1. The predicted molar refractivity (Wildman–Crippen MR) is 113 cm³/mol. The Morgan fingerprint density at radius 3 is 2.96 bits per heavy atom. The predicted octanol–water partition coefficient (Wildman–Crippen LogP) is 3.65. The maximum absolute atomic E-state index is 12.6. The van der Waals surface area contributed by atoms with Gasteiger partial charge in [-0.25, -0.2) is 9.97 Å². The Labute approximate surface area is 170 Å². The molecule has 1 atom stereocenters. The number of aromatic nitrogens is 2. The summed E-state index contributed by atoms with van der Waals surface area (Å²) in [6.07, 6.45) is 4.30. The van der Waals surface area contributed by atoms with Gasteiger partial charge in [0, 0.05) is 10.3 Å². The van der Waals surface area contributed by atoms with Gasteiger partial charge in [-0.3, -0.25) is 9.59 Å². The minimum atomic E-state index is -0.475. The van der Waals surface area contributed by atoms with Crippen molar-refractivity contribution >= 4 is 50.8 Å². The van der Waals surface area contributed by atoms with Gasteiger partial charge >= 0.3 is 0 Å². The van der Waals surface area contributed by atoms with Crippen LogP contribution in [0.5, 0.6) is 0 Å². The first-order valence-corrected chi connectivity index (χ1v) is 10.9. The summed E-state index contributed by atoms with van der Waals surface area (Å²) in [6.45, 7) is 2.20. The lowest BCUT2D eigenvalue weighted by molar-refractivity contribution is -0.113. The minimum absolute atomic E-state index is 0.179. The average molecular weight is 413 g/mol. The number of anilines is 1. The first kappa shape index (κ1) is 18.9. The van der Waals surface area contributed by atoms with Crippen molar-refractivity contribution < 1.29 is 9.59 Å².